The molecular weight excluding hydrogens is 238 g/mol. The molecule has 0 radical (unpaired) electrons. The lowest BCUT2D eigenvalue weighted by Crippen LogP contribution is -2.29. The van der Waals surface area contributed by atoms with E-state index in [4.69, 9.17) is 5.73 Å². The predicted octanol–water partition coefficient (Wildman–Crippen LogP) is 2.74. The summed E-state index contributed by atoms with van der Waals surface area (Å²) in [4.78, 5) is 6.79. The molecule has 0 aromatic carbocycles. The van der Waals surface area contributed by atoms with Crippen LogP contribution in [0.5, 0.6) is 0 Å². The maximum Gasteiger partial charge on any atom is 0.185 e. The molecular formula is C11H21N3S2. The van der Waals surface area contributed by atoms with Gasteiger partial charge >= 0.3 is 0 Å². The fourth-order valence-corrected chi connectivity index (χ4v) is 2.89. The lowest BCUT2D eigenvalue weighted by atomic mass is 10.2. The van der Waals surface area contributed by atoms with Crippen molar-refractivity contribution in [3.05, 3.63) is 11.1 Å². The van der Waals surface area contributed by atoms with Gasteiger partial charge in [0.2, 0.25) is 0 Å². The SMILES string of the molecule is CSCCC(C)N(C)c1nc(C(C)N)cs1. The molecule has 2 atom stereocenters. The molecule has 92 valence electrons. The number of thioether (sulfide) groups is 1. The molecule has 0 aliphatic heterocycles. The maximum absolute atomic E-state index is 5.81. The molecule has 1 aromatic rings. The standard InChI is InChI=1S/C11H21N3S2/c1-8(5-6-15-4)14(3)11-13-10(7-16-11)9(2)12/h7-9H,5-6,12H2,1-4H3. The third-order valence-electron chi connectivity index (χ3n) is 2.68. The number of hydrogen-bond acceptors (Lipinski definition) is 5. The van der Waals surface area contributed by atoms with Gasteiger partial charge in [-0.15, -0.1) is 11.3 Å². The lowest BCUT2D eigenvalue weighted by Gasteiger charge is -2.23. The van der Waals surface area contributed by atoms with Crippen LogP contribution in [0.3, 0.4) is 0 Å². The van der Waals surface area contributed by atoms with Crippen LogP contribution >= 0.6 is 23.1 Å². The van der Waals surface area contributed by atoms with Gasteiger partial charge in [-0.3, -0.25) is 0 Å². The van der Waals surface area contributed by atoms with Crippen LogP contribution in [-0.4, -0.2) is 30.1 Å². The van der Waals surface area contributed by atoms with Crippen LogP contribution in [0.15, 0.2) is 5.38 Å². The first-order chi connectivity index (χ1) is 7.56. The van der Waals surface area contributed by atoms with E-state index in [0.29, 0.717) is 6.04 Å². The molecule has 0 saturated heterocycles. The van der Waals surface area contributed by atoms with E-state index in [2.05, 4.69) is 35.5 Å². The zero-order chi connectivity index (χ0) is 12.1. The van der Waals surface area contributed by atoms with Gasteiger partial charge in [0.15, 0.2) is 5.13 Å². The molecule has 2 unspecified atom stereocenters. The van der Waals surface area contributed by atoms with Gasteiger partial charge in [-0.25, -0.2) is 4.98 Å². The van der Waals surface area contributed by atoms with E-state index in [0.717, 1.165) is 10.8 Å². The molecule has 0 saturated carbocycles. The number of hydrogen-bond donors (Lipinski definition) is 1. The summed E-state index contributed by atoms with van der Waals surface area (Å²) in [6, 6.07) is 0.555. The number of thiazole rings is 1. The largest absolute Gasteiger partial charge is 0.348 e. The maximum atomic E-state index is 5.81. The van der Waals surface area contributed by atoms with E-state index in [-0.39, 0.29) is 6.04 Å². The van der Waals surface area contributed by atoms with Crippen molar-refractivity contribution >= 4 is 28.2 Å². The molecule has 0 fully saturated rings. The summed E-state index contributed by atoms with van der Waals surface area (Å²) in [5.41, 5.74) is 6.80. The molecule has 0 aliphatic carbocycles. The first-order valence-electron chi connectivity index (χ1n) is 5.49. The van der Waals surface area contributed by atoms with Crippen LogP contribution in [0.4, 0.5) is 5.13 Å². The van der Waals surface area contributed by atoms with Crippen molar-refractivity contribution in [2.75, 3.05) is 24.0 Å². The molecule has 2 N–H and O–H groups in total. The average Bonchev–Trinajstić information content (AvgIpc) is 2.74. The number of aromatic nitrogens is 1. The Morgan fingerprint density at radius 3 is 2.75 bits per heavy atom. The summed E-state index contributed by atoms with van der Waals surface area (Å²) in [6.07, 6.45) is 3.33. The minimum Gasteiger partial charge on any atom is -0.348 e. The molecule has 5 heteroatoms. The summed E-state index contributed by atoms with van der Waals surface area (Å²) in [7, 11) is 2.11. The summed E-state index contributed by atoms with van der Waals surface area (Å²) in [6.45, 7) is 4.21. The van der Waals surface area contributed by atoms with E-state index in [1.165, 1.54) is 12.2 Å². The van der Waals surface area contributed by atoms with Crippen LogP contribution in [0.25, 0.3) is 0 Å². The summed E-state index contributed by atoms with van der Waals surface area (Å²) in [5.74, 6) is 1.19. The third kappa shape index (κ3) is 3.64. The Morgan fingerprint density at radius 1 is 1.56 bits per heavy atom. The second-order valence-electron chi connectivity index (χ2n) is 4.09. The molecule has 1 heterocycles. The van der Waals surface area contributed by atoms with Crippen LogP contribution < -0.4 is 10.6 Å². The minimum absolute atomic E-state index is 0.0277. The number of nitrogens with two attached hydrogens (primary N) is 1. The van der Waals surface area contributed by atoms with Crippen molar-refractivity contribution in [2.45, 2.75) is 32.4 Å². The second kappa shape index (κ2) is 6.47. The lowest BCUT2D eigenvalue weighted by molar-refractivity contribution is 0.664. The van der Waals surface area contributed by atoms with Gasteiger partial charge < -0.3 is 10.6 Å². The Hall–Kier alpha value is -0.260. The highest BCUT2D eigenvalue weighted by Crippen LogP contribution is 2.24. The van der Waals surface area contributed by atoms with Crippen molar-refractivity contribution in [3.63, 3.8) is 0 Å². The van der Waals surface area contributed by atoms with Gasteiger partial charge in [-0.1, -0.05) is 0 Å². The van der Waals surface area contributed by atoms with Crippen molar-refractivity contribution in [2.24, 2.45) is 5.73 Å². The topological polar surface area (TPSA) is 42.2 Å². The van der Waals surface area contributed by atoms with Crippen LogP contribution in [0.2, 0.25) is 0 Å². The van der Waals surface area contributed by atoms with Gasteiger partial charge in [0.1, 0.15) is 0 Å². The highest BCUT2D eigenvalue weighted by atomic mass is 32.2. The van der Waals surface area contributed by atoms with Gasteiger partial charge in [-0.05, 0) is 32.3 Å². The molecule has 0 amide bonds. The Balaban J connectivity index is 2.60. The van der Waals surface area contributed by atoms with Gasteiger partial charge in [0, 0.05) is 24.5 Å². The van der Waals surface area contributed by atoms with E-state index in [1.807, 2.05) is 18.7 Å². The minimum atomic E-state index is 0.0277. The fraction of sp³-hybridized carbons (Fsp3) is 0.727. The Kier molecular flexibility index (Phi) is 5.58. The van der Waals surface area contributed by atoms with E-state index in [1.54, 1.807) is 11.3 Å². The average molecular weight is 259 g/mol. The number of rotatable bonds is 6. The van der Waals surface area contributed by atoms with Crippen LogP contribution in [0.1, 0.15) is 32.0 Å². The molecule has 1 aromatic heterocycles. The van der Waals surface area contributed by atoms with Gasteiger partial charge in [0.05, 0.1) is 5.69 Å². The Morgan fingerprint density at radius 2 is 2.25 bits per heavy atom. The highest BCUT2D eigenvalue weighted by molar-refractivity contribution is 7.98. The first kappa shape index (κ1) is 13.8. The zero-order valence-corrected chi connectivity index (χ0v) is 12.1. The first-order valence-corrected chi connectivity index (χ1v) is 7.76. The van der Waals surface area contributed by atoms with Crippen LogP contribution in [0, 0.1) is 0 Å². The molecule has 1 rings (SSSR count). The zero-order valence-electron chi connectivity index (χ0n) is 10.4. The third-order valence-corrected chi connectivity index (χ3v) is 4.27. The van der Waals surface area contributed by atoms with Crippen molar-refractivity contribution in [1.82, 2.24) is 4.98 Å². The molecule has 16 heavy (non-hydrogen) atoms. The summed E-state index contributed by atoms with van der Waals surface area (Å²) < 4.78 is 0. The fourth-order valence-electron chi connectivity index (χ4n) is 1.32. The van der Waals surface area contributed by atoms with E-state index in [9.17, 15) is 0 Å². The number of anilines is 1. The molecule has 0 bridgehead atoms. The van der Waals surface area contributed by atoms with Crippen molar-refractivity contribution in [3.8, 4) is 0 Å². The predicted molar refractivity (Wildman–Crippen MR) is 75.6 cm³/mol. The summed E-state index contributed by atoms with van der Waals surface area (Å²) in [5, 5.41) is 3.12. The van der Waals surface area contributed by atoms with Crippen molar-refractivity contribution < 1.29 is 0 Å². The summed E-state index contributed by atoms with van der Waals surface area (Å²) >= 11 is 3.56. The van der Waals surface area contributed by atoms with Crippen molar-refractivity contribution in [1.29, 1.82) is 0 Å². The Bertz CT molecular complexity index is 312. The molecule has 0 aliphatic rings. The quantitative estimate of drug-likeness (QED) is 0.853. The molecule has 3 nitrogen and oxygen atoms in total. The number of nitrogens with zero attached hydrogens (tertiary/aromatic N) is 2. The van der Waals surface area contributed by atoms with Gasteiger partial charge in [0.25, 0.3) is 0 Å². The van der Waals surface area contributed by atoms with E-state index >= 15 is 0 Å². The van der Waals surface area contributed by atoms with Gasteiger partial charge in [-0.2, -0.15) is 11.8 Å². The highest BCUT2D eigenvalue weighted by Gasteiger charge is 2.14. The second-order valence-corrected chi connectivity index (χ2v) is 5.91. The monoisotopic (exact) mass is 259 g/mol. The smallest absolute Gasteiger partial charge is 0.185 e. The van der Waals surface area contributed by atoms with Crippen LogP contribution in [-0.2, 0) is 0 Å². The van der Waals surface area contributed by atoms with E-state index < -0.39 is 0 Å². The molecule has 0 spiro atoms. The Labute approximate surface area is 106 Å². The normalized spacial score (nSPS) is 14.8.